The Bertz CT molecular complexity index is 1150. The monoisotopic (exact) mass is 507 g/mol. The van der Waals surface area contributed by atoms with Gasteiger partial charge in [0.1, 0.15) is 11.5 Å². The summed E-state index contributed by atoms with van der Waals surface area (Å²) < 4.78 is 11.1. The van der Waals surface area contributed by atoms with Gasteiger partial charge in [-0.25, -0.2) is 0 Å². The van der Waals surface area contributed by atoms with E-state index in [0.717, 1.165) is 48.6 Å². The molecule has 2 fully saturated rings. The Balaban J connectivity index is 1.69. The van der Waals surface area contributed by atoms with Gasteiger partial charge in [0.15, 0.2) is 0 Å². The third-order valence-corrected chi connectivity index (χ3v) is 6.99. The number of hydrogen-bond acceptors (Lipinski definition) is 7. The van der Waals surface area contributed by atoms with Crippen molar-refractivity contribution in [3.8, 4) is 5.75 Å². The highest BCUT2D eigenvalue weighted by molar-refractivity contribution is 6.46. The number of Topliss-reactive ketones (excluding diaryl/α,β-unsaturated/α-hetero) is 1. The number of likely N-dealkylation sites (tertiary alicyclic amines) is 1. The fourth-order valence-electron chi connectivity index (χ4n) is 4.97. The molecule has 2 aliphatic rings. The molecule has 198 valence electrons. The van der Waals surface area contributed by atoms with Gasteiger partial charge in [-0.3, -0.25) is 14.5 Å². The zero-order valence-electron chi connectivity index (χ0n) is 22.2. The number of carbonyl (C=O) groups is 2. The average Bonchev–Trinajstić information content (AvgIpc) is 3.15. The molecule has 2 heterocycles. The molecule has 8 nitrogen and oxygen atoms in total. The highest BCUT2D eigenvalue weighted by Crippen LogP contribution is 2.40. The van der Waals surface area contributed by atoms with Gasteiger partial charge in [-0.2, -0.15) is 0 Å². The van der Waals surface area contributed by atoms with Crippen LogP contribution in [0.4, 0.5) is 5.69 Å². The maximum absolute atomic E-state index is 13.3. The number of benzene rings is 2. The number of aliphatic hydroxyl groups excluding tert-OH is 1. The molecule has 1 N–H and O–H groups in total. The van der Waals surface area contributed by atoms with Gasteiger partial charge in [-0.1, -0.05) is 12.1 Å². The number of hydrogen-bond donors (Lipinski definition) is 1. The van der Waals surface area contributed by atoms with E-state index in [1.54, 1.807) is 23.1 Å². The summed E-state index contributed by atoms with van der Waals surface area (Å²) in [5, 5.41) is 11.4. The van der Waals surface area contributed by atoms with Gasteiger partial charge >= 0.3 is 0 Å². The van der Waals surface area contributed by atoms with Crippen molar-refractivity contribution in [2.75, 3.05) is 65.0 Å². The minimum atomic E-state index is -0.659. The average molecular weight is 508 g/mol. The van der Waals surface area contributed by atoms with Crippen molar-refractivity contribution in [1.29, 1.82) is 0 Å². The van der Waals surface area contributed by atoms with Gasteiger partial charge in [0.2, 0.25) is 0 Å². The van der Waals surface area contributed by atoms with E-state index in [2.05, 4.69) is 4.90 Å². The lowest BCUT2D eigenvalue weighted by molar-refractivity contribution is -0.140. The molecule has 0 aliphatic carbocycles. The van der Waals surface area contributed by atoms with Gasteiger partial charge in [-0.05, 0) is 61.7 Å². The number of ketones is 1. The standard InChI is InChI=1S/C29H37N3O5/c1-5-37-24-12-9-22(19-20(24)2)27(33)25-26(21-7-10-23(11-8-21)30(3)4)32(29(35)28(25)34)14-6-13-31-15-17-36-18-16-31/h7-12,19,26,33H,5-6,13-18H2,1-4H3/t26-/m1/s1. The molecule has 0 radical (unpaired) electrons. The SMILES string of the molecule is CCOc1ccc(C(O)=C2C(=O)C(=O)N(CCCN3CCOCC3)[C@@H]2c2ccc(N(C)C)cc2)cc1C. The number of rotatable bonds is 9. The van der Waals surface area contributed by atoms with E-state index in [-0.39, 0.29) is 11.3 Å². The molecular formula is C29H37N3O5. The lowest BCUT2D eigenvalue weighted by atomic mass is 9.94. The predicted octanol–water partition coefficient (Wildman–Crippen LogP) is 3.60. The molecule has 2 aliphatic heterocycles. The molecule has 4 rings (SSSR count). The van der Waals surface area contributed by atoms with Crippen molar-refractivity contribution in [3.63, 3.8) is 0 Å². The molecule has 2 saturated heterocycles. The van der Waals surface area contributed by atoms with E-state index < -0.39 is 17.7 Å². The molecule has 0 saturated carbocycles. The lowest BCUT2D eigenvalue weighted by Crippen LogP contribution is -2.38. The van der Waals surface area contributed by atoms with Gasteiger partial charge in [0.05, 0.1) is 31.4 Å². The normalized spacial score (nSPS) is 19.9. The third kappa shape index (κ3) is 5.81. The first kappa shape index (κ1) is 26.7. The van der Waals surface area contributed by atoms with Crippen LogP contribution in [0.2, 0.25) is 0 Å². The highest BCUT2D eigenvalue weighted by atomic mass is 16.5. The summed E-state index contributed by atoms with van der Waals surface area (Å²) in [6.45, 7) is 8.73. The molecule has 0 bridgehead atoms. The van der Waals surface area contributed by atoms with Crippen LogP contribution in [0.3, 0.4) is 0 Å². The van der Waals surface area contributed by atoms with Crippen molar-refractivity contribution in [2.45, 2.75) is 26.3 Å². The number of morpholine rings is 1. The minimum absolute atomic E-state index is 0.123. The summed E-state index contributed by atoms with van der Waals surface area (Å²) in [6.07, 6.45) is 0.724. The molecule has 1 atom stereocenters. The molecule has 8 heteroatoms. The molecule has 2 aromatic rings. The van der Waals surface area contributed by atoms with E-state index in [1.165, 1.54) is 0 Å². The molecule has 37 heavy (non-hydrogen) atoms. The summed E-state index contributed by atoms with van der Waals surface area (Å²) >= 11 is 0. The van der Waals surface area contributed by atoms with Crippen LogP contribution in [-0.2, 0) is 14.3 Å². The van der Waals surface area contributed by atoms with E-state index in [9.17, 15) is 14.7 Å². The van der Waals surface area contributed by atoms with Gasteiger partial charge in [0.25, 0.3) is 11.7 Å². The first-order valence-corrected chi connectivity index (χ1v) is 12.9. The predicted molar refractivity (Wildman–Crippen MR) is 144 cm³/mol. The maximum Gasteiger partial charge on any atom is 0.295 e. The summed E-state index contributed by atoms with van der Waals surface area (Å²) in [5.41, 5.74) is 3.26. The van der Waals surface area contributed by atoms with E-state index in [1.807, 2.05) is 57.1 Å². The molecule has 0 unspecified atom stereocenters. The van der Waals surface area contributed by atoms with Crippen molar-refractivity contribution < 1.29 is 24.2 Å². The molecule has 2 aromatic carbocycles. The lowest BCUT2D eigenvalue weighted by Gasteiger charge is -2.29. The van der Waals surface area contributed by atoms with E-state index in [0.29, 0.717) is 31.9 Å². The minimum Gasteiger partial charge on any atom is -0.507 e. The smallest absolute Gasteiger partial charge is 0.295 e. The fraction of sp³-hybridized carbons (Fsp3) is 0.448. The Hall–Kier alpha value is -3.36. The number of anilines is 1. The van der Waals surface area contributed by atoms with Crippen LogP contribution in [-0.4, -0.2) is 86.7 Å². The number of carbonyl (C=O) groups excluding carboxylic acids is 2. The maximum atomic E-state index is 13.3. The van der Waals surface area contributed by atoms with Gasteiger partial charge in [-0.15, -0.1) is 0 Å². The number of aryl methyl sites for hydroxylation is 1. The quantitative estimate of drug-likeness (QED) is 0.315. The van der Waals surface area contributed by atoms with Crippen LogP contribution in [0.1, 0.15) is 36.1 Å². The Kier molecular flexibility index (Phi) is 8.51. The van der Waals surface area contributed by atoms with Crippen LogP contribution >= 0.6 is 0 Å². The zero-order chi connectivity index (χ0) is 26.5. The highest BCUT2D eigenvalue weighted by Gasteiger charge is 2.45. The van der Waals surface area contributed by atoms with Gasteiger partial charge in [0, 0.05) is 51.5 Å². The van der Waals surface area contributed by atoms with Crippen LogP contribution in [0.25, 0.3) is 5.76 Å². The second-order valence-corrected chi connectivity index (χ2v) is 9.70. The third-order valence-electron chi connectivity index (χ3n) is 6.99. The van der Waals surface area contributed by atoms with E-state index >= 15 is 0 Å². The summed E-state index contributed by atoms with van der Waals surface area (Å²) in [6, 6.07) is 12.4. The topological polar surface area (TPSA) is 82.5 Å². The number of nitrogens with zero attached hydrogens (tertiary/aromatic N) is 3. The Morgan fingerprint density at radius 3 is 2.41 bits per heavy atom. The van der Waals surface area contributed by atoms with Crippen LogP contribution < -0.4 is 9.64 Å². The van der Waals surface area contributed by atoms with Crippen molar-refractivity contribution in [1.82, 2.24) is 9.80 Å². The Morgan fingerprint density at radius 2 is 1.78 bits per heavy atom. The number of ether oxygens (including phenoxy) is 2. The number of aliphatic hydroxyl groups is 1. The summed E-state index contributed by atoms with van der Waals surface area (Å²) in [7, 11) is 3.92. The Labute approximate surface area is 219 Å². The second kappa shape index (κ2) is 11.8. The van der Waals surface area contributed by atoms with Crippen LogP contribution in [0, 0.1) is 6.92 Å². The summed E-state index contributed by atoms with van der Waals surface area (Å²) in [4.78, 5) is 32.5. The van der Waals surface area contributed by atoms with Crippen molar-refractivity contribution in [2.24, 2.45) is 0 Å². The zero-order valence-corrected chi connectivity index (χ0v) is 22.2. The van der Waals surface area contributed by atoms with Crippen molar-refractivity contribution >= 4 is 23.1 Å². The van der Waals surface area contributed by atoms with Crippen LogP contribution in [0.5, 0.6) is 5.75 Å². The van der Waals surface area contributed by atoms with Gasteiger partial charge < -0.3 is 24.4 Å². The number of amides is 1. The van der Waals surface area contributed by atoms with Crippen LogP contribution in [0.15, 0.2) is 48.0 Å². The molecule has 0 spiro atoms. The fourth-order valence-corrected chi connectivity index (χ4v) is 4.97. The Morgan fingerprint density at radius 1 is 1.08 bits per heavy atom. The van der Waals surface area contributed by atoms with Crippen molar-refractivity contribution in [3.05, 3.63) is 64.7 Å². The molecular weight excluding hydrogens is 470 g/mol. The first-order valence-electron chi connectivity index (χ1n) is 12.9. The summed E-state index contributed by atoms with van der Waals surface area (Å²) in [5.74, 6) is -0.676. The van der Waals surface area contributed by atoms with E-state index in [4.69, 9.17) is 9.47 Å². The first-order chi connectivity index (χ1) is 17.8. The second-order valence-electron chi connectivity index (χ2n) is 9.70. The largest absolute Gasteiger partial charge is 0.507 e. The molecule has 1 amide bonds. The molecule has 0 aromatic heterocycles.